The van der Waals surface area contributed by atoms with Crippen molar-refractivity contribution in [3.63, 3.8) is 0 Å². The van der Waals surface area contributed by atoms with Crippen molar-refractivity contribution in [1.82, 2.24) is 10.6 Å². The van der Waals surface area contributed by atoms with E-state index in [9.17, 15) is 9.59 Å². The monoisotopic (exact) mass is 330 g/mol. The van der Waals surface area contributed by atoms with Gasteiger partial charge in [0.1, 0.15) is 0 Å². The number of benzene rings is 1. The summed E-state index contributed by atoms with van der Waals surface area (Å²) in [5.41, 5.74) is 1.06. The van der Waals surface area contributed by atoms with Gasteiger partial charge in [0, 0.05) is 30.3 Å². The molecule has 0 aromatic heterocycles. The number of piperidine rings is 1. The van der Waals surface area contributed by atoms with Crippen LogP contribution in [0.2, 0.25) is 0 Å². The molecule has 2 atom stereocenters. The zero-order valence-electron chi connectivity index (χ0n) is 15.3. The number of carbonyl (C=O) groups is 2. The van der Waals surface area contributed by atoms with Gasteiger partial charge < -0.3 is 10.6 Å². The summed E-state index contributed by atoms with van der Waals surface area (Å²) in [7, 11) is 0. The molecule has 1 aromatic carbocycles. The Bertz CT molecular complexity index is 566. The highest BCUT2D eigenvalue weighted by molar-refractivity contribution is 5.87. The van der Waals surface area contributed by atoms with Crippen molar-refractivity contribution in [3.8, 4) is 0 Å². The molecule has 1 aromatic rings. The van der Waals surface area contributed by atoms with Crippen LogP contribution >= 0.6 is 0 Å². The lowest BCUT2D eigenvalue weighted by atomic mass is 9.83. The Morgan fingerprint density at radius 1 is 1.29 bits per heavy atom. The molecule has 0 saturated carbocycles. The Labute approximate surface area is 145 Å². The third kappa shape index (κ3) is 5.08. The molecule has 2 rings (SSSR count). The van der Waals surface area contributed by atoms with Gasteiger partial charge in [0.25, 0.3) is 0 Å². The van der Waals surface area contributed by atoms with Gasteiger partial charge in [-0.3, -0.25) is 9.59 Å². The minimum Gasteiger partial charge on any atom is -0.355 e. The molecule has 1 saturated heterocycles. The molecule has 4 heteroatoms. The highest BCUT2D eigenvalue weighted by Crippen LogP contribution is 2.24. The standard InChI is InChI=1S/C20H30N2O2/c1-14(2)10-17-11-15(12-18(23)22-17)19(24)21-13-20(3,4)16-8-6-5-7-9-16/h5-9,14-15,17H,10-13H2,1-4H3,(H,21,24)(H,22,23)/t15-,17+/m1/s1. The fraction of sp³-hybridized carbons (Fsp3) is 0.600. The van der Waals surface area contributed by atoms with Gasteiger partial charge in [0.05, 0.1) is 0 Å². The van der Waals surface area contributed by atoms with Gasteiger partial charge in [-0.05, 0) is 24.3 Å². The van der Waals surface area contributed by atoms with Crippen LogP contribution in [0.1, 0.15) is 52.5 Å². The van der Waals surface area contributed by atoms with Crippen LogP contribution in [0.5, 0.6) is 0 Å². The fourth-order valence-electron chi connectivity index (χ4n) is 3.36. The maximum absolute atomic E-state index is 12.6. The highest BCUT2D eigenvalue weighted by Gasteiger charge is 2.32. The third-order valence-corrected chi connectivity index (χ3v) is 4.75. The molecule has 1 aliphatic heterocycles. The van der Waals surface area contributed by atoms with E-state index >= 15 is 0 Å². The molecule has 0 spiro atoms. The van der Waals surface area contributed by atoms with Crippen LogP contribution in [-0.4, -0.2) is 24.4 Å². The molecule has 0 bridgehead atoms. The molecule has 1 heterocycles. The lowest BCUT2D eigenvalue weighted by Crippen LogP contribution is -2.48. The van der Waals surface area contributed by atoms with Gasteiger partial charge in [0.15, 0.2) is 0 Å². The first-order valence-corrected chi connectivity index (χ1v) is 8.90. The molecule has 24 heavy (non-hydrogen) atoms. The van der Waals surface area contributed by atoms with Gasteiger partial charge >= 0.3 is 0 Å². The van der Waals surface area contributed by atoms with Gasteiger partial charge in [-0.1, -0.05) is 58.0 Å². The average molecular weight is 330 g/mol. The maximum atomic E-state index is 12.6. The number of nitrogens with one attached hydrogen (secondary N) is 2. The summed E-state index contributed by atoms with van der Waals surface area (Å²) in [6, 6.07) is 10.3. The van der Waals surface area contributed by atoms with Crippen molar-refractivity contribution >= 4 is 11.8 Å². The van der Waals surface area contributed by atoms with E-state index in [1.807, 2.05) is 18.2 Å². The van der Waals surface area contributed by atoms with Crippen LogP contribution in [-0.2, 0) is 15.0 Å². The summed E-state index contributed by atoms with van der Waals surface area (Å²) in [6.07, 6.45) is 1.96. The minimum atomic E-state index is -0.214. The summed E-state index contributed by atoms with van der Waals surface area (Å²) in [5.74, 6) is 0.292. The first-order valence-electron chi connectivity index (χ1n) is 8.90. The van der Waals surface area contributed by atoms with E-state index in [-0.39, 0.29) is 29.2 Å². The second-order valence-electron chi connectivity index (χ2n) is 8.00. The topological polar surface area (TPSA) is 58.2 Å². The zero-order valence-corrected chi connectivity index (χ0v) is 15.3. The first-order chi connectivity index (χ1) is 11.3. The fourth-order valence-corrected chi connectivity index (χ4v) is 3.36. The number of hydrogen-bond donors (Lipinski definition) is 2. The summed E-state index contributed by atoms with van der Waals surface area (Å²) in [6.45, 7) is 9.09. The summed E-state index contributed by atoms with van der Waals surface area (Å²) >= 11 is 0. The molecule has 2 amide bonds. The van der Waals surface area contributed by atoms with Crippen molar-refractivity contribution in [2.75, 3.05) is 6.54 Å². The number of rotatable bonds is 6. The van der Waals surface area contributed by atoms with E-state index in [1.54, 1.807) is 0 Å². The van der Waals surface area contributed by atoms with Gasteiger partial charge in [-0.15, -0.1) is 0 Å². The Morgan fingerprint density at radius 2 is 1.96 bits per heavy atom. The largest absolute Gasteiger partial charge is 0.355 e. The number of hydrogen-bond acceptors (Lipinski definition) is 2. The van der Waals surface area contributed by atoms with Gasteiger partial charge in [0.2, 0.25) is 11.8 Å². The van der Waals surface area contributed by atoms with Crippen LogP contribution in [0.15, 0.2) is 30.3 Å². The van der Waals surface area contributed by atoms with Crippen molar-refractivity contribution in [3.05, 3.63) is 35.9 Å². The van der Waals surface area contributed by atoms with E-state index in [4.69, 9.17) is 0 Å². The molecule has 0 aliphatic carbocycles. The van der Waals surface area contributed by atoms with E-state index in [0.29, 0.717) is 18.9 Å². The van der Waals surface area contributed by atoms with E-state index in [2.05, 4.69) is 50.5 Å². The Balaban J connectivity index is 1.93. The summed E-state index contributed by atoms with van der Waals surface area (Å²) in [4.78, 5) is 24.5. The second kappa shape index (κ2) is 7.82. The minimum absolute atomic E-state index is 0.00242. The predicted molar refractivity (Wildman–Crippen MR) is 96.6 cm³/mol. The normalized spacial score (nSPS) is 21.5. The zero-order chi connectivity index (χ0) is 17.7. The Morgan fingerprint density at radius 3 is 2.58 bits per heavy atom. The Kier molecular flexibility index (Phi) is 6.03. The molecule has 0 unspecified atom stereocenters. The smallest absolute Gasteiger partial charge is 0.223 e. The maximum Gasteiger partial charge on any atom is 0.223 e. The van der Waals surface area contributed by atoms with Crippen LogP contribution in [0.25, 0.3) is 0 Å². The molecular formula is C20H30N2O2. The molecule has 2 N–H and O–H groups in total. The van der Waals surface area contributed by atoms with Crippen LogP contribution in [0.4, 0.5) is 0 Å². The van der Waals surface area contributed by atoms with Crippen LogP contribution in [0.3, 0.4) is 0 Å². The third-order valence-electron chi connectivity index (χ3n) is 4.75. The molecular weight excluding hydrogens is 300 g/mol. The lowest BCUT2D eigenvalue weighted by Gasteiger charge is -2.31. The summed E-state index contributed by atoms with van der Waals surface area (Å²) in [5, 5.41) is 6.08. The molecule has 0 radical (unpaired) electrons. The van der Waals surface area contributed by atoms with Gasteiger partial charge in [-0.2, -0.15) is 0 Å². The molecule has 1 aliphatic rings. The highest BCUT2D eigenvalue weighted by atomic mass is 16.2. The van der Waals surface area contributed by atoms with E-state index < -0.39 is 0 Å². The van der Waals surface area contributed by atoms with E-state index in [1.165, 1.54) is 5.56 Å². The predicted octanol–water partition coefficient (Wildman–Crippen LogP) is 3.02. The molecule has 4 nitrogen and oxygen atoms in total. The average Bonchev–Trinajstić information content (AvgIpc) is 2.52. The molecule has 1 fully saturated rings. The first kappa shape index (κ1) is 18.5. The van der Waals surface area contributed by atoms with Crippen molar-refractivity contribution in [2.45, 2.75) is 58.4 Å². The lowest BCUT2D eigenvalue weighted by molar-refractivity contribution is -0.133. The van der Waals surface area contributed by atoms with E-state index in [0.717, 1.165) is 12.8 Å². The second-order valence-corrected chi connectivity index (χ2v) is 8.00. The van der Waals surface area contributed by atoms with Crippen LogP contribution < -0.4 is 10.6 Å². The molecule has 132 valence electrons. The number of amides is 2. The van der Waals surface area contributed by atoms with Crippen molar-refractivity contribution < 1.29 is 9.59 Å². The number of carbonyl (C=O) groups excluding carboxylic acids is 2. The van der Waals surface area contributed by atoms with Crippen molar-refractivity contribution in [1.29, 1.82) is 0 Å². The van der Waals surface area contributed by atoms with Crippen molar-refractivity contribution in [2.24, 2.45) is 11.8 Å². The Hall–Kier alpha value is -1.84. The SMILES string of the molecule is CC(C)C[C@H]1C[C@@H](C(=O)NCC(C)(C)c2ccccc2)CC(=O)N1. The quantitative estimate of drug-likeness (QED) is 0.842. The summed E-state index contributed by atoms with van der Waals surface area (Å²) < 4.78 is 0. The van der Waals surface area contributed by atoms with Crippen LogP contribution in [0, 0.1) is 11.8 Å². The van der Waals surface area contributed by atoms with Gasteiger partial charge in [-0.25, -0.2) is 0 Å².